The first-order valence-electron chi connectivity index (χ1n) is 9.53. The van der Waals surface area contributed by atoms with Gasteiger partial charge in [0.1, 0.15) is 5.69 Å². The van der Waals surface area contributed by atoms with E-state index in [1.807, 2.05) is 29.6 Å². The molecule has 0 fully saturated rings. The molecule has 1 N–H and O–H groups in total. The predicted octanol–water partition coefficient (Wildman–Crippen LogP) is 4.00. The molecule has 5 heterocycles. The topological polar surface area (TPSA) is 93.7 Å². The average Bonchev–Trinajstić information content (AvgIpc) is 3.25. The highest BCUT2D eigenvalue weighted by Gasteiger charge is 2.10. The second kappa shape index (κ2) is 8.00. The van der Waals surface area contributed by atoms with Crippen LogP contribution in [0.5, 0.6) is 5.88 Å². The summed E-state index contributed by atoms with van der Waals surface area (Å²) in [5.41, 5.74) is 2.27. The number of nitrogens with zero attached hydrogens (tertiary/aromatic N) is 4. The van der Waals surface area contributed by atoms with Gasteiger partial charge in [-0.25, -0.2) is 9.97 Å². The minimum atomic E-state index is -0.315. The van der Waals surface area contributed by atoms with Crippen molar-refractivity contribution in [1.82, 2.24) is 24.9 Å². The Hall–Kier alpha value is -3.65. The SMILES string of the molecule is O=c1[nH]c(-c2cc3ccsc3cn2)nc2ccc(OCCCc3ccncc3)nc12. The maximum Gasteiger partial charge on any atom is 0.277 e. The molecule has 0 unspecified atom stereocenters. The summed E-state index contributed by atoms with van der Waals surface area (Å²) >= 11 is 1.62. The van der Waals surface area contributed by atoms with E-state index in [1.54, 1.807) is 42.1 Å². The molecule has 7 nitrogen and oxygen atoms in total. The van der Waals surface area contributed by atoms with E-state index in [2.05, 4.69) is 24.9 Å². The number of fused-ring (bicyclic) bond motifs is 2. The first kappa shape index (κ1) is 18.4. The van der Waals surface area contributed by atoms with E-state index >= 15 is 0 Å². The number of nitrogens with one attached hydrogen (secondary N) is 1. The Morgan fingerprint density at radius 1 is 1.07 bits per heavy atom. The molecule has 148 valence electrons. The summed E-state index contributed by atoms with van der Waals surface area (Å²) in [5.74, 6) is 0.837. The molecule has 0 aromatic carbocycles. The van der Waals surface area contributed by atoms with Crippen molar-refractivity contribution in [3.05, 3.63) is 76.3 Å². The third-order valence-corrected chi connectivity index (χ3v) is 5.59. The number of aromatic nitrogens is 5. The van der Waals surface area contributed by atoms with E-state index in [0.717, 1.165) is 22.9 Å². The summed E-state index contributed by atoms with van der Waals surface area (Å²) < 4.78 is 6.82. The molecule has 0 saturated carbocycles. The van der Waals surface area contributed by atoms with Crippen molar-refractivity contribution in [2.45, 2.75) is 12.8 Å². The van der Waals surface area contributed by atoms with Gasteiger partial charge in [-0.15, -0.1) is 11.3 Å². The fourth-order valence-electron chi connectivity index (χ4n) is 3.21. The number of rotatable bonds is 6. The molecule has 5 aromatic rings. The maximum atomic E-state index is 12.6. The minimum Gasteiger partial charge on any atom is -0.478 e. The van der Waals surface area contributed by atoms with Crippen LogP contribution in [-0.4, -0.2) is 31.5 Å². The van der Waals surface area contributed by atoms with Crippen LogP contribution in [0.15, 0.2) is 65.2 Å². The smallest absolute Gasteiger partial charge is 0.277 e. The van der Waals surface area contributed by atoms with Gasteiger partial charge >= 0.3 is 0 Å². The number of hydrogen-bond donors (Lipinski definition) is 1. The monoisotopic (exact) mass is 415 g/mol. The Kier molecular flexibility index (Phi) is 4.90. The van der Waals surface area contributed by atoms with Gasteiger partial charge in [-0.3, -0.25) is 14.8 Å². The molecule has 0 amide bonds. The quantitative estimate of drug-likeness (QED) is 0.421. The summed E-state index contributed by atoms with van der Waals surface area (Å²) in [6, 6.07) is 11.4. The molecule has 0 aliphatic heterocycles. The lowest BCUT2D eigenvalue weighted by Crippen LogP contribution is -2.12. The molecule has 0 spiro atoms. The Bertz CT molecular complexity index is 1380. The summed E-state index contributed by atoms with van der Waals surface area (Å²) in [5, 5.41) is 3.08. The van der Waals surface area contributed by atoms with Crippen molar-refractivity contribution in [3.8, 4) is 17.4 Å². The van der Waals surface area contributed by atoms with Crippen LogP contribution in [0.2, 0.25) is 0 Å². The zero-order chi connectivity index (χ0) is 20.3. The third-order valence-electron chi connectivity index (χ3n) is 4.72. The van der Waals surface area contributed by atoms with E-state index in [0.29, 0.717) is 29.5 Å². The molecule has 0 atom stereocenters. The molecule has 30 heavy (non-hydrogen) atoms. The molecule has 0 bridgehead atoms. The molecule has 0 saturated heterocycles. The zero-order valence-electron chi connectivity index (χ0n) is 15.9. The van der Waals surface area contributed by atoms with Crippen molar-refractivity contribution in [2.75, 3.05) is 6.61 Å². The maximum absolute atomic E-state index is 12.6. The van der Waals surface area contributed by atoms with Gasteiger partial charge in [0.05, 0.1) is 16.8 Å². The average molecular weight is 415 g/mol. The molecule has 0 aliphatic carbocycles. The normalized spacial score (nSPS) is 11.2. The van der Waals surface area contributed by atoms with Crippen molar-refractivity contribution in [1.29, 1.82) is 0 Å². The number of hydrogen-bond acceptors (Lipinski definition) is 7. The number of ether oxygens (including phenoxy) is 1. The molecular weight excluding hydrogens is 398 g/mol. The zero-order valence-corrected chi connectivity index (χ0v) is 16.7. The third kappa shape index (κ3) is 3.77. The van der Waals surface area contributed by atoms with Crippen LogP contribution in [-0.2, 0) is 6.42 Å². The van der Waals surface area contributed by atoms with Crippen molar-refractivity contribution in [2.24, 2.45) is 0 Å². The number of thiophene rings is 1. The summed E-state index contributed by atoms with van der Waals surface area (Å²) in [4.78, 5) is 32.7. The van der Waals surface area contributed by atoms with E-state index in [-0.39, 0.29) is 11.1 Å². The van der Waals surface area contributed by atoms with E-state index < -0.39 is 0 Å². The standard InChI is InChI=1S/C22H17N5O2S/c28-22-20-16(25-21(27-22)17-12-15-7-11-30-18(15)13-24-17)3-4-19(26-20)29-10-1-2-14-5-8-23-9-6-14/h3-9,11-13H,1-2,10H2,(H,25,27,28). The number of pyridine rings is 3. The molecule has 8 heteroatoms. The Morgan fingerprint density at radius 3 is 2.87 bits per heavy atom. The minimum absolute atomic E-state index is 0.252. The largest absolute Gasteiger partial charge is 0.478 e. The molecular formula is C22H17N5O2S. The van der Waals surface area contributed by atoms with E-state index in [1.165, 1.54) is 5.56 Å². The van der Waals surface area contributed by atoms with Gasteiger partial charge in [0.15, 0.2) is 11.3 Å². The van der Waals surface area contributed by atoms with Crippen LogP contribution in [0.1, 0.15) is 12.0 Å². The van der Waals surface area contributed by atoms with Crippen molar-refractivity contribution >= 4 is 32.5 Å². The van der Waals surface area contributed by atoms with Gasteiger partial charge in [-0.2, -0.15) is 0 Å². The summed E-state index contributed by atoms with van der Waals surface area (Å²) in [7, 11) is 0. The number of aryl methyl sites for hydroxylation is 1. The lowest BCUT2D eigenvalue weighted by molar-refractivity contribution is 0.300. The van der Waals surface area contributed by atoms with Gasteiger partial charge in [0.25, 0.3) is 5.56 Å². The molecule has 5 rings (SSSR count). The van der Waals surface area contributed by atoms with Crippen molar-refractivity contribution < 1.29 is 4.74 Å². The first-order chi connectivity index (χ1) is 14.8. The first-order valence-corrected chi connectivity index (χ1v) is 10.4. The second-order valence-electron chi connectivity index (χ2n) is 6.77. The van der Waals surface area contributed by atoms with Gasteiger partial charge < -0.3 is 9.72 Å². The van der Waals surface area contributed by atoms with E-state index in [9.17, 15) is 4.79 Å². The highest BCUT2D eigenvalue weighted by molar-refractivity contribution is 7.17. The van der Waals surface area contributed by atoms with Crippen molar-refractivity contribution in [3.63, 3.8) is 0 Å². The van der Waals surface area contributed by atoms with Gasteiger partial charge in [-0.05, 0) is 59.5 Å². The second-order valence-corrected chi connectivity index (χ2v) is 7.71. The number of H-pyrrole nitrogens is 1. The Labute approximate surface area is 175 Å². The van der Waals surface area contributed by atoms with Gasteiger partial charge in [0.2, 0.25) is 5.88 Å². The van der Waals surface area contributed by atoms with Gasteiger partial charge in [-0.1, -0.05) is 0 Å². The van der Waals surface area contributed by atoms with Crippen LogP contribution >= 0.6 is 11.3 Å². The van der Waals surface area contributed by atoms with Crippen LogP contribution in [0, 0.1) is 0 Å². The summed E-state index contributed by atoms with van der Waals surface area (Å²) in [6.07, 6.45) is 7.09. The summed E-state index contributed by atoms with van der Waals surface area (Å²) in [6.45, 7) is 0.509. The molecule has 0 aliphatic rings. The lowest BCUT2D eigenvalue weighted by Gasteiger charge is -2.07. The predicted molar refractivity (Wildman–Crippen MR) is 117 cm³/mol. The highest BCUT2D eigenvalue weighted by atomic mass is 32.1. The Morgan fingerprint density at radius 2 is 1.97 bits per heavy atom. The molecule has 0 radical (unpaired) electrons. The van der Waals surface area contributed by atoms with Gasteiger partial charge in [0, 0.05) is 24.7 Å². The van der Waals surface area contributed by atoms with Crippen LogP contribution in [0.3, 0.4) is 0 Å². The van der Waals surface area contributed by atoms with Crippen LogP contribution in [0.25, 0.3) is 32.6 Å². The Balaban J connectivity index is 1.34. The number of aromatic amines is 1. The highest BCUT2D eigenvalue weighted by Crippen LogP contribution is 2.24. The molecule has 5 aromatic heterocycles. The lowest BCUT2D eigenvalue weighted by atomic mass is 10.1. The fourth-order valence-corrected chi connectivity index (χ4v) is 3.95. The van der Waals surface area contributed by atoms with E-state index in [4.69, 9.17) is 4.74 Å². The van der Waals surface area contributed by atoms with Crippen LogP contribution < -0.4 is 10.3 Å². The fraction of sp³-hybridized carbons (Fsp3) is 0.136. The van der Waals surface area contributed by atoms with Crippen LogP contribution in [0.4, 0.5) is 0 Å².